The molecule has 0 saturated heterocycles. The number of aryl methyl sites for hydroxylation is 1. The van der Waals surface area contributed by atoms with Crippen LogP contribution >= 0.6 is 0 Å². The van der Waals surface area contributed by atoms with Crippen LogP contribution in [0.4, 0.5) is 0 Å². The van der Waals surface area contributed by atoms with Crippen molar-refractivity contribution >= 4 is 5.97 Å². The second-order valence-electron chi connectivity index (χ2n) is 2.34. The Balaban J connectivity index is 0.00000121. The fourth-order valence-corrected chi connectivity index (χ4v) is 0.877. The van der Waals surface area contributed by atoms with Crippen molar-refractivity contribution in [2.45, 2.75) is 13.3 Å². The van der Waals surface area contributed by atoms with E-state index in [1.165, 1.54) is 0 Å². The van der Waals surface area contributed by atoms with Crippen LogP contribution in [-0.4, -0.2) is 5.97 Å². The first-order chi connectivity index (χ1) is 5.24. The van der Waals surface area contributed by atoms with Crippen LogP contribution in [0.1, 0.15) is 22.8 Å². The van der Waals surface area contributed by atoms with Crippen LogP contribution in [0.15, 0.2) is 24.3 Å². The molecule has 0 saturated carbocycles. The average molecular weight is 156 g/mol. The fraction of sp³-hybridized carbons (Fsp3) is 0.222. The molecule has 0 spiro atoms. The average Bonchev–Trinajstić information content (AvgIpc) is 2.05. The number of carbonyl (C=O) groups excluding carboxylic acids is 1. The Kier molecular flexibility index (Phi) is 4.73. The Morgan fingerprint density at radius 1 is 1.33 bits per heavy atom. The van der Waals surface area contributed by atoms with Crippen LogP contribution in [0.5, 0.6) is 0 Å². The molecule has 0 N–H and O–H groups in total. The summed E-state index contributed by atoms with van der Waals surface area (Å²) in [6.07, 6.45) is 0.924. The van der Waals surface area contributed by atoms with Gasteiger partial charge < -0.3 is 9.90 Å². The van der Waals surface area contributed by atoms with E-state index in [9.17, 15) is 9.90 Å². The molecule has 0 fully saturated rings. The molecule has 0 unspecified atom stereocenters. The molecule has 1 aromatic carbocycles. The van der Waals surface area contributed by atoms with Gasteiger partial charge in [-0.25, -0.2) is 0 Å². The first kappa shape index (κ1) is 11.3. The predicted molar refractivity (Wildman–Crippen MR) is 40.2 cm³/mol. The van der Waals surface area contributed by atoms with E-state index in [0.717, 1.165) is 12.0 Å². The van der Waals surface area contributed by atoms with Crippen LogP contribution < -0.4 is 24.0 Å². The van der Waals surface area contributed by atoms with Crippen LogP contribution in [0.2, 0.25) is 0 Å². The number of hydrogen-bond acceptors (Lipinski definition) is 2. The fourth-order valence-electron chi connectivity index (χ4n) is 0.877. The van der Waals surface area contributed by atoms with E-state index in [2.05, 4.69) is 0 Å². The zero-order chi connectivity index (χ0) is 8.27. The predicted octanol–water partition coefficient (Wildman–Crippen LogP) is -2.38. The van der Waals surface area contributed by atoms with E-state index < -0.39 is 5.97 Å². The summed E-state index contributed by atoms with van der Waals surface area (Å²) >= 11 is 0. The SMILES string of the molecule is CCc1ccc(C(=O)[O-])cc1.[Li+]. The van der Waals surface area contributed by atoms with Crippen LogP contribution in [0.3, 0.4) is 0 Å². The second-order valence-corrected chi connectivity index (χ2v) is 2.34. The zero-order valence-electron chi connectivity index (χ0n) is 7.33. The topological polar surface area (TPSA) is 40.1 Å². The summed E-state index contributed by atoms with van der Waals surface area (Å²) in [7, 11) is 0. The second kappa shape index (κ2) is 5.03. The third kappa shape index (κ3) is 2.73. The van der Waals surface area contributed by atoms with E-state index in [4.69, 9.17) is 0 Å². The van der Waals surface area contributed by atoms with Crippen LogP contribution in [0.25, 0.3) is 0 Å². The minimum absolute atomic E-state index is 0. The molecule has 3 heteroatoms. The number of benzene rings is 1. The standard InChI is InChI=1S/C9H10O2.Li/c1-2-7-3-5-8(6-4-7)9(10)11;/h3-6H,2H2,1H3,(H,10,11);/q;+1/p-1. The Morgan fingerprint density at radius 3 is 2.17 bits per heavy atom. The molecule has 0 aromatic heterocycles. The molecular weight excluding hydrogens is 147 g/mol. The smallest absolute Gasteiger partial charge is 0.545 e. The Morgan fingerprint density at radius 2 is 1.83 bits per heavy atom. The van der Waals surface area contributed by atoms with Gasteiger partial charge in [0.1, 0.15) is 0 Å². The normalized spacial score (nSPS) is 8.75. The number of hydrogen-bond donors (Lipinski definition) is 0. The van der Waals surface area contributed by atoms with Gasteiger partial charge in [-0.1, -0.05) is 31.2 Å². The van der Waals surface area contributed by atoms with Crippen molar-refractivity contribution in [3.63, 3.8) is 0 Å². The maximum atomic E-state index is 10.3. The van der Waals surface area contributed by atoms with Crippen molar-refractivity contribution in [2.75, 3.05) is 0 Å². The minimum Gasteiger partial charge on any atom is -0.545 e. The third-order valence-corrected chi connectivity index (χ3v) is 1.60. The molecule has 1 rings (SSSR count). The molecule has 58 valence electrons. The van der Waals surface area contributed by atoms with Gasteiger partial charge in [0.05, 0.1) is 5.97 Å². The molecule has 2 nitrogen and oxygen atoms in total. The van der Waals surface area contributed by atoms with Crippen molar-refractivity contribution in [2.24, 2.45) is 0 Å². The maximum Gasteiger partial charge on any atom is 1.00 e. The summed E-state index contributed by atoms with van der Waals surface area (Å²) in [4.78, 5) is 10.3. The number of rotatable bonds is 2. The number of carbonyl (C=O) groups is 1. The molecule has 0 bridgehead atoms. The summed E-state index contributed by atoms with van der Waals surface area (Å²) in [5, 5.41) is 10.3. The van der Waals surface area contributed by atoms with Crippen LogP contribution in [-0.2, 0) is 6.42 Å². The van der Waals surface area contributed by atoms with E-state index in [1.807, 2.05) is 6.92 Å². The van der Waals surface area contributed by atoms with Crippen molar-refractivity contribution in [3.05, 3.63) is 35.4 Å². The van der Waals surface area contributed by atoms with E-state index in [0.29, 0.717) is 0 Å². The maximum absolute atomic E-state index is 10.3. The monoisotopic (exact) mass is 156 g/mol. The van der Waals surface area contributed by atoms with Gasteiger partial charge in [-0.15, -0.1) is 0 Å². The van der Waals surface area contributed by atoms with Gasteiger partial charge in [-0.2, -0.15) is 0 Å². The molecule has 0 amide bonds. The molecule has 0 radical (unpaired) electrons. The Bertz CT molecular complexity index is 254. The summed E-state index contributed by atoms with van der Waals surface area (Å²) in [5.74, 6) is -1.12. The minimum atomic E-state index is -1.12. The Hall–Kier alpha value is -0.713. The van der Waals surface area contributed by atoms with E-state index >= 15 is 0 Å². The molecular formula is C9H9LiO2. The summed E-state index contributed by atoms with van der Waals surface area (Å²) in [6, 6.07) is 6.72. The number of carboxylic acid groups (broad SMARTS) is 1. The quantitative estimate of drug-likeness (QED) is 0.448. The third-order valence-electron chi connectivity index (χ3n) is 1.60. The van der Waals surface area contributed by atoms with Gasteiger partial charge >= 0.3 is 18.9 Å². The summed E-state index contributed by atoms with van der Waals surface area (Å²) in [6.45, 7) is 2.02. The first-order valence-corrected chi connectivity index (χ1v) is 3.54. The van der Waals surface area contributed by atoms with Gasteiger partial charge in [-0.3, -0.25) is 0 Å². The van der Waals surface area contributed by atoms with Gasteiger partial charge in [0.15, 0.2) is 0 Å². The molecule has 0 aliphatic carbocycles. The van der Waals surface area contributed by atoms with Crippen molar-refractivity contribution < 1.29 is 28.8 Å². The summed E-state index contributed by atoms with van der Waals surface area (Å²) < 4.78 is 0. The van der Waals surface area contributed by atoms with Gasteiger partial charge in [-0.05, 0) is 17.5 Å². The van der Waals surface area contributed by atoms with Crippen molar-refractivity contribution in [3.8, 4) is 0 Å². The summed E-state index contributed by atoms with van der Waals surface area (Å²) in [5.41, 5.74) is 1.37. The molecule has 0 aliphatic rings. The number of carboxylic acids is 1. The molecule has 1 aromatic rings. The largest absolute Gasteiger partial charge is 1.00 e. The van der Waals surface area contributed by atoms with Crippen molar-refractivity contribution in [1.82, 2.24) is 0 Å². The first-order valence-electron chi connectivity index (χ1n) is 3.54. The molecule has 12 heavy (non-hydrogen) atoms. The molecule has 0 heterocycles. The molecule has 0 atom stereocenters. The van der Waals surface area contributed by atoms with E-state index in [-0.39, 0.29) is 24.4 Å². The Labute approximate surface area is 83.8 Å². The zero-order valence-corrected chi connectivity index (χ0v) is 7.33. The number of aromatic carboxylic acids is 1. The van der Waals surface area contributed by atoms with Gasteiger partial charge in [0, 0.05) is 0 Å². The van der Waals surface area contributed by atoms with E-state index in [1.54, 1.807) is 24.3 Å². The van der Waals surface area contributed by atoms with Crippen LogP contribution in [0, 0.1) is 0 Å². The molecule has 0 aliphatic heterocycles. The van der Waals surface area contributed by atoms with Gasteiger partial charge in [0.25, 0.3) is 0 Å². The van der Waals surface area contributed by atoms with Crippen molar-refractivity contribution in [1.29, 1.82) is 0 Å². The van der Waals surface area contributed by atoms with Gasteiger partial charge in [0.2, 0.25) is 0 Å².